The van der Waals surface area contributed by atoms with Gasteiger partial charge in [-0.25, -0.2) is 9.37 Å². The van der Waals surface area contributed by atoms with Crippen molar-refractivity contribution in [2.45, 2.75) is 20.4 Å². The van der Waals surface area contributed by atoms with Gasteiger partial charge in [-0.05, 0) is 43.2 Å². The molecule has 146 valence electrons. The fourth-order valence-corrected chi connectivity index (χ4v) is 3.05. The van der Waals surface area contributed by atoms with E-state index in [0.29, 0.717) is 5.69 Å². The average Bonchev–Trinajstić information content (AvgIpc) is 3.12. The number of aromatic nitrogens is 3. The maximum absolute atomic E-state index is 14.2. The molecule has 29 heavy (non-hydrogen) atoms. The van der Waals surface area contributed by atoms with Crippen LogP contribution >= 0.6 is 0 Å². The number of hydrogen-bond donors (Lipinski definition) is 1. The molecule has 8 heteroatoms. The maximum Gasteiger partial charge on any atom is 0.267 e. The number of aryl methyl sites for hydroxylation is 2. The zero-order chi connectivity index (χ0) is 20.5. The van der Waals surface area contributed by atoms with E-state index in [1.165, 1.54) is 24.5 Å². The van der Waals surface area contributed by atoms with Gasteiger partial charge in [-0.2, -0.15) is 0 Å². The summed E-state index contributed by atoms with van der Waals surface area (Å²) in [6, 6.07) is 11.6. The fourth-order valence-electron chi connectivity index (χ4n) is 3.05. The van der Waals surface area contributed by atoms with Crippen molar-refractivity contribution in [3.05, 3.63) is 76.1 Å². The van der Waals surface area contributed by atoms with Gasteiger partial charge in [-0.1, -0.05) is 29.4 Å². The number of fused-ring (bicyclic) bond motifs is 1. The average molecular weight is 392 g/mol. The third kappa shape index (κ3) is 3.52. The first kappa shape index (κ1) is 18.5. The molecule has 0 aliphatic carbocycles. The highest BCUT2D eigenvalue weighted by molar-refractivity contribution is 5.92. The monoisotopic (exact) mass is 392 g/mol. The van der Waals surface area contributed by atoms with Crippen molar-refractivity contribution in [3.8, 4) is 11.3 Å². The van der Waals surface area contributed by atoms with Gasteiger partial charge < -0.3 is 9.84 Å². The van der Waals surface area contributed by atoms with Crippen LogP contribution in [0.2, 0.25) is 0 Å². The summed E-state index contributed by atoms with van der Waals surface area (Å²) in [7, 11) is 0. The molecule has 0 atom stereocenters. The number of nitrogens with one attached hydrogen (secondary N) is 1. The van der Waals surface area contributed by atoms with Crippen LogP contribution in [0.15, 0.2) is 58.1 Å². The van der Waals surface area contributed by atoms with Gasteiger partial charge in [0.15, 0.2) is 0 Å². The maximum atomic E-state index is 14.2. The van der Waals surface area contributed by atoms with Crippen molar-refractivity contribution in [2.24, 2.45) is 0 Å². The molecule has 2 aromatic carbocycles. The Morgan fingerprint density at radius 1 is 1.21 bits per heavy atom. The van der Waals surface area contributed by atoms with E-state index in [-0.39, 0.29) is 34.8 Å². The number of amides is 1. The normalized spacial score (nSPS) is 11.0. The standard InChI is InChI=1S/C21H17FN4O3/c1-12-7-8-13(2)16(9-12)24-17(27)10-26-11-23-20-18(21(26)28)19(25-29-20)14-5-3-4-6-15(14)22/h3-9,11H,10H2,1-2H3,(H,24,27). The second-order valence-electron chi connectivity index (χ2n) is 6.74. The number of carbonyl (C=O) groups excluding carboxylic acids is 1. The Morgan fingerprint density at radius 2 is 2.00 bits per heavy atom. The molecule has 2 heterocycles. The van der Waals surface area contributed by atoms with E-state index in [9.17, 15) is 14.0 Å². The summed E-state index contributed by atoms with van der Waals surface area (Å²) in [6.45, 7) is 3.55. The van der Waals surface area contributed by atoms with E-state index < -0.39 is 11.4 Å². The minimum Gasteiger partial charge on any atom is -0.335 e. The molecule has 7 nitrogen and oxygen atoms in total. The van der Waals surface area contributed by atoms with E-state index in [2.05, 4.69) is 15.5 Å². The number of benzene rings is 2. The molecule has 4 aromatic rings. The van der Waals surface area contributed by atoms with Crippen LogP contribution in [0.25, 0.3) is 22.4 Å². The summed E-state index contributed by atoms with van der Waals surface area (Å²) < 4.78 is 20.4. The number of nitrogens with zero attached hydrogens (tertiary/aromatic N) is 3. The van der Waals surface area contributed by atoms with Crippen molar-refractivity contribution in [2.75, 3.05) is 5.32 Å². The molecule has 0 spiro atoms. The molecule has 0 fully saturated rings. The van der Waals surface area contributed by atoms with E-state index in [0.717, 1.165) is 15.7 Å². The summed E-state index contributed by atoms with van der Waals surface area (Å²) in [5, 5.41) is 6.63. The molecule has 0 aliphatic rings. The van der Waals surface area contributed by atoms with Crippen LogP contribution < -0.4 is 10.9 Å². The highest BCUT2D eigenvalue weighted by Gasteiger charge is 2.20. The van der Waals surface area contributed by atoms with E-state index in [1.807, 2.05) is 32.0 Å². The Balaban J connectivity index is 1.68. The van der Waals surface area contributed by atoms with Gasteiger partial charge in [0.05, 0.1) is 0 Å². The number of halogens is 1. The molecular weight excluding hydrogens is 375 g/mol. The van der Waals surface area contributed by atoms with Crippen LogP contribution in [0.5, 0.6) is 0 Å². The molecular formula is C21H17FN4O3. The minimum absolute atomic E-state index is 0.0144. The largest absolute Gasteiger partial charge is 0.335 e. The van der Waals surface area contributed by atoms with Crippen LogP contribution in [-0.4, -0.2) is 20.6 Å². The van der Waals surface area contributed by atoms with Crippen LogP contribution in [0.3, 0.4) is 0 Å². The lowest BCUT2D eigenvalue weighted by molar-refractivity contribution is -0.116. The molecule has 1 N–H and O–H groups in total. The van der Waals surface area contributed by atoms with Crippen molar-refractivity contribution in [3.63, 3.8) is 0 Å². The summed E-state index contributed by atoms with van der Waals surface area (Å²) in [4.78, 5) is 29.4. The molecule has 0 saturated carbocycles. The lowest BCUT2D eigenvalue weighted by Crippen LogP contribution is -2.28. The first-order valence-corrected chi connectivity index (χ1v) is 8.91. The Morgan fingerprint density at radius 3 is 2.79 bits per heavy atom. The van der Waals surface area contributed by atoms with Gasteiger partial charge in [0, 0.05) is 11.3 Å². The second kappa shape index (κ2) is 7.31. The van der Waals surface area contributed by atoms with E-state index >= 15 is 0 Å². The van der Waals surface area contributed by atoms with Gasteiger partial charge in [0.1, 0.15) is 29.8 Å². The Bertz CT molecular complexity index is 1290. The molecule has 0 radical (unpaired) electrons. The summed E-state index contributed by atoms with van der Waals surface area (Å²) in [5.74, 6) is -0.920. The first-order valence-electron chi connectivity index (χ1n) is 8.91. The van der Waals surface area contributed by atoms with Gasteiger partial charge in [0.25, 0.3) is 11.3 Å². The van der Waals surface area contributed by atoms with Crippen LogP contribution in [0.1, 0.15) is 11.1 Å². The molecule has 1 amide bonds. The molecule has 0 aliphatic heterocycles. The second-order valence-corrected chi connectivity index (χ2v) is 6.74. The number of hydrogen-bond acceptors (Lipinski definition) is 5. The minimum atomic E-state index is -0.537. The van der Waals surface area contributed by atoms with Gasteiger partial charge >= 0.3 is 0 Å². The number of anilines is 1. The van der Waals surface area contributed by atoms with Crippen LogP contribution in [0, 0.1) is 19.7 Å². The molecule has 0 unspecified atom stereocenters. The smallest absolute Gasteiger partial charge is 0.267 e. The predicted molar refractivity (Wildman–Crippen MR) is 106 cm³/mol. The summed E-state index contributed by atoms with van der Waals surface area (Å²) >= 11 is 0. The van der Waals surface area contributed by atoms with Crippen LogP contribution in [0.4, 0.5) is 10.1 Å². The predicted octanol–water partition coefficient (Wildman–Crippen LogP) is 3.45. The summed E-state index contributed by atoms with van der Waals surface area (Å²) in [5.41, 5.74) is 2.22. The third-order valence-corrected chi connectivity index (χ3v) is 4.57. The topological polar surface area (TPSA) is 90.0 Å². The lowest BCUT2D eigenvalue weighted by atomic mass is 10.1. The quantitative estimate of drug-likeness (QED) is 0.575. The summed E-state index contributed by atoms with van der Waals surface area (Å²) in [6.07, 6.45) is 1.21. The molecule has 4 rings (SSSR count). The highest BCUT2D eigenvalue weighted by atomic mass is 19.1. The third-order valence-electron chi connectivity index (χ3n) is 4.57. The number of rotatable bonds is 4. The Labute approximate surface area is 164 Å². The van der Waals surface area contributed by atoms with Crippen molar-refractivity contribution in [1.82, 2.24) is 14.7 Å². The highest BCUT2D eigenvalue weighted by Crippen LogP contribution is 2.26. The van der Waals surface area contributed by atoms with Crippen molar-refractivity contribution < 1.29 is 13.7 Å². The van der Waals surface area contributed by atoms with Gasteiger partial charge in [-0.15, -0.1) is 0 Å². The molecule has 0 bridgehead atoms. The number of carbonyl (C=O) groups is 1. The molecule has 2 aromatic heterocycles. The van der Waals surface area contributed by atoms with E-state index in [1.54, 1.807) is 6.07 Å². The van der Waals surface area contributed by atoms with Crippen LogP contribution in [-0.2, 0) is 11.3 Å². The zero-order valence-electron chi connectivity index (χ0n) is 15.8. The lowest BCUT2D eigenvalue weighted by Gasteiger charge is -2.10. The zero-order valence-corrected chi connectivity index (χ0v) is 15.8. The Kier molecular flexibility index (Phi) is 4.67. The SMILES string of the molecule is Cc1ccc(C)c(NC(=O)Cn2cnc3onc(-c4ccccc4F)c3c2=O)c1. The molecule has 0 saturated heterocycles. The van der Waals surface area contributed by atoms with Gasteiger partial charge in [0.2, 0.25) is 5.91 Å². The van der Waals surface area contributed by atoms with Crippen molar-refractivity contribution in [1.29, 1.82) is 0 Å². The van der Waals surface area contributed by atoms with E-state index in [4.69, 9.17) is 4.52 Å². The first-order chi connectivity index (χ1) is 13.9. The van der Waals surface area contributed by atoms with Gasteiger partial charge in [-0.3, -0.25) is 14.2 Å². The fraction of sp³-hybridized carbons (Fsp3) is 0.143. The Hall–Kier alpha value is -3.81. The van der Waals surface area contributed by atoms with Crippen molar-refractivity contribution >= 4 is 22.7 Å².